The molecule has 0 spiro atoms. The van der Waals surface area contributed by atoms with Gasteiger partial charge in [0.1, 0.15) is 5.60 Å². The Labute approximate surface area is 134 Å². The Bertz CT molecular complexity index is 349. The van der Waals surface area contributed by atoms with Crippen molar-refractivity contribution in [2.75, 3.05) is 6.61 Å². The van der Waals surface area contributed by atoms with Gasteiger partial charge in [0, 0.05) is 6.42 Å². The number of unbranched alkanes of at least 4 members (excludes halogenated alkanes) is 1. The van der Waals surface area contributed by atoms with Crippen LogP contribution in [0.2, 0.25) is 0 Å². The molecule has 0 radical (unpaired) electrons. The average molecular weight is 312 g/mol. The summed E-state index contributed by atoms with van der Waals surface area (Å²) in [6, 6.07) is 0. The van der Waals surface area contributed by atoms with E-state index in [2.05, 4.69) is 0 Å². The Morgan fingerprint density at radius 2 is 1.68 bits per heavy atom. The van der Waals surface area contributed by atoms with Crippen molar-refractivity contribution in [3.63, 3.8) is 0 Å². The smallest absolute Gasteiger partial charge is 0.309 e. The first-order valence-electron chi connectivity index (χ1n) is 8.70. The van der Waals surface area contributed by atoms with E-state index >= 15 is 0 Å². The lowest BCUT2D eigenvalue weighted by Crippen LogP contribution is -2.31. The second-order valence-corrected chi connectivity index (χ2v) is 7.30. The highest BCUT2D eigenvalue weighted by Gasteiger charge is 2.29. The summed E-state index contributed by atoms with van der Waals surface area (Å²) in [4.78, 5) is 23.3. The molecule has 128 valence electrons. The standard InChI is InChI=1S/C18H32O4/c1-5-21-16(19)9-7-6-8-14-10-12-15(13-11-14)17(20)22-18(2,3)4/h14-15H,5-13H2,1-4H3. The van der Waals surface area contributed by atoms with Gasteiger partial charge >= 0.3 is 11.9 Å². The monoisotopic (exact) mass is 312 g/mol. The second kappa shape index (κ2) is 9.16. The highest BCUT2D eigenvalue weighted by Crippen LogP contribution is 2.33. The summed E-state index contributed by atoms with van der Waals surface area (Å²) in [7, 11) is 0. The van der Waals surface area contributed by atoms with E-state index in [9.17, 15) is 9.59 Å². The van der Waals surface area contributed by atoms with Crippen LogP contribution in [0.15, 0.2) is 0 Å². The van der Waals surface area contributed by atoms with E-state index in [0.29, 0.717) is 18.9 Å². The number of ether oxygens (including phenoxy) is 2. The van der Waals surface area contributed by atoms with Crippen molar-refractivity contribution in [3.8, 4) is 0 Å². The van der Waals surface area contributed by atoms with Crippen molar-refractivity contribution in [2.45, 2.75) is 84.7 Å². The first-order valence-corrected chi connectivity index (χ1v) is 8.70. The zero-order chi connectivity index (χ0) is 16.6. The molecule has 0 heterocycles. The van der Waals surface area contributed by atoms with Crippen LogP contribution in [-0.4, -0.2) is 24.1 Å². The van der Waals surface area contributed by atoms with Crippen molar-refractivity contribution in [3.05, 3.63) is 0 Å². The van der Waals surface area contributed by atoms with Crippen LogP contribution < -0.4 is 0 Å². The van der Waals surface area contributed by atoms with Crippen molar-refractivity contribution < 1.29 is 19.1 Å². The number of carbonyl (C=O) groups excluding carboxylic acids is 2. The molecule has 1 aliphatic rings. The fourth-order valence-corrected chi connectivity index (χ4v) is 3.01. The number of hydrogen-bond acceptors (Lipinski definition) is 4. The fraction of sp³-hybridized carbons (Fsp3) is 0.889. The minimum Gasteiger partial charge on any atom is -0.466 e. The van der Waals surface area contributed by atoms with Crippen molar-refractivity contribution in [1.82, 2.24) is 0 Å². The van der Waals surface area contributed by atoms with E-state index in [4.69, 9.17) is 9.47 Å². The van der Waals surface area contributed by atoms with Gasteiger partial charge < -0.3 is 9.47 Å². The lowest BCUT2D eigenvalue weighted by Gasteiger charge is -2.29. The Balaban J connectivity index is 2.15. The molecule has 1 saturated carbocycles. The zero-order valence-corrected chi connectivity index (χ0v) is 14.7. The Morgan fingerprint density at radius 1 is 1.05 bits per heavy atom. The number of carbonyl (C=O) groups is 2. The average Bonchev–Trinajstić information content (AvgIpc) is 2.43. The van der Waals surface area contributed by atoms with Crippen molar-refractivity contribution in [2.24, 2.45) is 11.8 Å². The third-order valence-corrected chi connectivity index (χ3v) is 4.14. The molecule has 0 aliphatic heterocycles. The molecule has 0 aromatic heterocycles. The molecule has 1 aliphatic carbocycles. The first-order chi connectivity index (χ1) is 10.3. The molecular formula is C18H32O4. The third kappa shape index (κ3) is 7.81. The second-order valence-electron chi connectivity index (χ2n) is 7.30. The maximum absolute atomic E-state index is 12.0. The molecule has 0 bridgehead atoms. The molecule has 22 heavy (non-hydrogen) atoms. The molecule has 1 fully saturated rings. The lowest BCUT2D eigenvalue weighted by molar-refractivity contribution is -0.161. The predicted molar refractivity (Wildman–Crippen MR) is 86.4 cm³/mol. The molecule has 0 unspecified atom stereocenters. The summed E-state index contributed by atoms with van der Waals surface area (Å²) >= 11 is 0. The van der Waals surface area contributed by atoms with Gasteiger partial charge in [0.15, 0.2) is 0 Å². The van der Waals surface area contributed by atoms with Crippen LogP contribution in [0.25, 0.3) is 0 Å². The van der Waals surface area contributed by atoms with Crippen LogP contribution in [0.4, 0.5) is 0 Å². The quantitative estimate of drug-likeness (QED) is 0.520. The summed E-state index contributed by atoms with van der Waals surface area (Å²) in [6.45, 7) is 8.05. The van der Waals surface area contributed by atoms with Gasteiger partial charge in [-0.15, -0.1) is 0 Å². The van der Waals surface area contributed by atoms with Crippen LogP contribution in [0, 0.1) is 11.8 Å². The molecule has 1 rings (SSSR count). The molecule has 4 heteroatoms. The fourth-order valence-electron chi connectivity index (χ4n) is 3.01. The van der Waals surface area contributed by atoms with Gasteiger partial charge in [-0.3, -0.25) is 9.59 Å². The van der Waals surface area contributed by atoms with E-state index in [1.807, 2.05) is 27.7 Å². The van der Waals surface area contributed by atoms with Gasteiger partial charge in [0.2, 0.25) is 0 Å². The van der Waals surface area contributed by atoms with Gasteiger partial charge in [-0.05, 0) is 65.7 Å². The van der Waals surface area contributed by atoms with Gasteiger partial charge in [-0.2, -0.15) is 0 Å². The minimum atomic E-state index is -0.388. The van der Waals surface area contributed by atoms with E-state index in [1.165, 1.54) is 0 Å². The highest BCUT2D eigenvalue weighted by atomic mass is 16.6. The van der Waals surface area contributed by atoms with Gasteiger partial charge in [0.25, 0.3) is 0 Å². The van der Waals surface area contributed by atoms with Crippen LogP contribution in [0.5, 0.6) is 0 Å². The molecule has 0 aromatic carbocycles. The minimum absolute atomic E-state index is 0.0340. The summed E-state index contributed by atoms with van der Waals surface area (Å²) < 4.78 is 10.4. The van der Waals surface area contributed by atoms with Crippen LogP contribution in [0.3, 0.4) is 0 Å². The molecule has 4 nitrogen and oxygen atoms in total. The van der Waals surface area contributed by atoms with Gasteiger partial charge in [-0.25, -0.2) is 0 Å². The third-order valence-electron chi connectivity index (χ3n) is 4.14. The summed E-state index contributed by atoms with van der Waals surface area (Å²) in [5.74, 6) is 0.653. The van der Waals surface area contributed by atoms with Crippen molar-refractivity contribution in [1.29, 1.82) is 0 Å². The molecule has 0 saturated heterocycles. The topological polar surface area (TPSA) is 52.6 Å². The maximum Gasteiger partial charge on any atom is 0.309 e. The number of esters is 2. The van der Waals surface area contributed by atoms with E-state index < -0.39 is 0 Å². The van der Waals surface area contributed by atoms with E-state index in [1.54, 1.807) is 0 Å². The normalized spacial score (nSPS) is 22.2. The number of rotatable bonds is 7. The predicted octanol–water partition coefficient (Wildman–Crippen LogP) is 4.26. The molecule has 0 aromatic rings. The van der Waals surface area contributed by atoms with Crippen LogP contribution >= 0.6 is 0 Å². The van der Waals surface area contributed by atoms with E-state index in [0.717, 1.165) is 44.9 Å². The Kier molecular flexibility index (Phi) is 7.91. The van der Waals surface area contributed by atoms with Crippen LogP contribution in [-0.2, 0) is 19.1 Å². The van der Waals surface area contributed by atoms with Crippen molar-refractivity contribution >= 4 is 11.9 Å². The van der Waals surface area contributed by atoms with Gasteiger partial charge in [-0.1, -0.05) is 12.8 Å². The zero-order valence-electron chi connectivity index (χ0n) is 14.7. The summed E-state index contributed by atoms with van der Waals surface area (Å²) in [6.07, 6.45) is 7.74. The van der Waals surface area contributed by atoms with Crippen LogP contribution in [0.1, 0.15) is 79.1 Å². The van der Waals surface area contributed by atoms with Gasteiger partial charge in [0.05, 0.1) is 12.5 Å². The molecular weight excluding hydrogens is 280 g/mol. The first kappa shape index (κ1) is 19.0. The molecule has 0 atom stereocenters. The Hall–Kier alpha value is -1.06. The van der Waals surface area contributed by atoms with E-state index in [-0.39, 0.29) is 23.5 Å². The SMILES string of the molecule is CCOC(=O)CCCCC1CCC(C(=O)OC(C)(C)C)CC1. The largest absolute Gasteiger partial charge is 0.466 e. The molecule has 0 N–H and O–H groups in total. The number of hydrogen-bond donors (Lipinski definition) is 0. The maximum atomic E-state index is 12.0. The highest BCUT2D eigenvalue weighted by molar-refractivity contribution is 5.73. The lowest BCUT2D eigenvalue weighted by atomic mass is 9.79. The summed E-state index contributed by atoms with van der Waals surface area (Å²) in [5, 5.41) is 0. The molecule has 0 amide bonds. The Morgan fingerprint density at radius 3 is 2.23 bits per heavy atom. The summed E-state index contributed by atoms with van der Waals surface area (Å²) in [5.41, 5.74) is -0.388.